The van der Waals surface area contributed by atoms with Crippen LogP contribution in [-0.4, -0.2) is 25.4 Å². The molecule has 116 valence electrons. The van der Waals surface area contributed by atoms with Crippen LogP contribution in [0.5, 0.6) is 0 Å². The van der Waals surface area contributed by atoms with Crippen molar-refractivity contribution in [3.63, 3.8) is 0 Å². The van der Waals surface area contributed by atoms with Crippen molar-refractivity contribution in [2.24, 2.45) is 0 Å². The highest BCUT2D eigenvalue weighted by Crippen LogP contribution is 2.37. The van der Waals surface area contributed by atoms with Crippen molar-refractivity contribution in [1.29, 1.82) is 0 Å². The first kappa shape index (κ1) is 15.7. The molecule has 0 radical (unpaired) electrons. The first-order valence-electron chi connectivity index (χ1n) is 6.75. The molecule has 2 N–H and O–H groups in total. The van der Waals surface area contributed by atoms with Crippen LogP contribution in [0, 0.1) is 17.0 Å². The van der Waals surface area contributed by atoms with Gasteiger partial charge in [-0.25, -0.2) is 13.1 Å². The Morgan fingerprint density at radius 3 is 2.48 bits per heavy atom. The number of benzene rings is 1. The number of sulfonamides is 1. The predicted molar refractivity (Wildman–Crippen MR) is 80.0 cm³/mol. The highest BCUT2D eigenvalue weighted by atomic mass is 32.2. The van der Waals surface area contributed by atoms with Crippen LogP contribution in [0.4, 0.5) is 11.4 Å². The van der Waals surface area contributed by atoms with Gasteiger partial charge in [0.15, 0.2) is 0 Å². The maximum Gasteiger partial charge on any atom is 0.293 e. The molecule has 0 aromatic heterocycles. The van der Waals surface area contributed by atoms with Gasteiger partial charge in [-0.15, -0.1) is 0 Å². The van der Waals surface area contributed by atoms with Gasteiger partial charge in [-0.05, 0) is 45.2 Å². The second-order valence-electron chi connectivity index (χ2n) is 5.59. The van der Waals surface area contributed by atoms with Crippen LogP contribution >= 0.6 is 0 Å². The summed E-state index contributed by atoms with van der Waals surface area (Å²) in [6, 6.07) is 2.63. The Morgan fingerprint density at radius 2 is 2.00 bits per heavy atom. The topological polar surface area (TPSA) is 101 Å². The van der Waals surface area contributed by atoms with Gasteiger partial charge >= 0.3 is 0 Å². The van der Waals surface area contributed by atoms with Crippen LogP contribution in [0.15, 0.2) is 17.0 Å². The number of nitro groups is 1. The third-order valence-electron chi connectivity index (χ3n) is 3.53. The first-order chi connectivity index (χ1) is 9.68. The van der Waals surface area contributed by atoms with E-state index in [4.69, 9.17) is 0 Å². The Kier molecular flexibility index (Phi) is 3.94. The quantitative estimate of drug-likeness (QED) is 0.619. The number of aryl methyl sites for hydroxylation is 1. The molecule has 1 saturated carbocycles. The van der Waals surface area contributed by atoms with E-state index < -0.39 is 20.5 Å². The fraction of sp³-hybridized carbons (Fsp3) is 0.538. The zero-order chi connectivity index (χ0) is 15.8. The maximum atomic E-state index is 12.4. The Balaban J connectivity index is 2.48. The van der Waals surface area contributed by atoms with Crippen LogP contribution in [0.2, 0.25) is 0 Å². The smallest absolute Gasteiger partial charge is 0.293 e. The Bertz CT molecular complexity index is 681. The molecular weight excluding hydrogens is 294 g/mol. The molecule has 0 heterocycles. The normalized spacial score (nSPS) is 16.5. The SMILES string of the molecule is CCNc1cc(C)c(S(=O)(=O)NC2(C)CC2)cc1[N+](=O)[O-]. The van der Waals surface area contributed by atoms with Gasteiger partial charge in [0.05, 0.1) is 9.82 Å². The van der Waals surface area contributed by atoms with Crippen molar-refractivity contribution in [2.75, 3.05) is 11.9 Å². The number of nitrogens with one attached hydrogen (secondary N) is 2. The minimum atomic E-state index is -3.76. The van der Waals surface area contributed by atoms with Crippen LogP contribution in [0.1, 0.15) is 32.3 Å². The molecule has 1 aromatic rings. The number of nitrogens with zero attached hydrogens (tertiary/aromatic N) is 1. The number of rotatable bonds is 6. The molecule has 0 unspecified atom stereocenters. The van der Waals surface area contributed by atoms with Crippen molar-refractivity contribution in [1.82, 2.24) is 4.72 Å². The van der Waals surface area contributed by atoms with Crippen LogP contribution in [0.3, 0.4) is 0 Å². The number of hydrogen-bond acceptors (Lipinski definition) is 5. The van der Waals surface area contributed by atoms with Gasteiger partial charge in [0.1, 0.15) is 5.69 Å². The first-order valence-corrected chi connectivity index (χ1v) is 8.24. The fourth-order valence-corrected chi connectivity index (χ4v) is 3.83. The predicted octanol–water partition coefficient (Wildman–Crippen LogP) is 2.17. The standard InChI is InChI=1S/C13H19N3O4S/c1-4-14-10-7-9(2)12(8-11(10)16(17)18)21(19,20)15-13(3)5-6-13/h7-8,14-15H,4-6H2,1-3H3. The molecule has 1 aliphatic rings. The summed E-state index contributed by atoms with van der Waals surface area (Å²) in [6.45, 7) is 5.79. The second kappa shape index (κ2) is 5.27. The van der Waals surface area contributed by atoms with Crippen molar-refractivity contribution in [3.05, 3.63) is 27.8 Å². The summed E-state index contributed by atoms with van der Waals surface area (Å²) in [5.41, 5.74) is 0.161. The van der Waals surface area contributed by atoms with Gasteiger partial charge in [0.2, 0.25) is 10.0 Å². The Hall–Kier alpha value is -1.67. The van der Waals surface area contributed by atoms with E-state index in [2.05, 4.69) is 10.0 Å². The molecule has 0 bridgehead atoms. The number of hydrogen-bond donors (Lipinski definition) is 2. The van der Waals surface area contributed by atoms with E-state index in [-0.39, 0.29) is 10.6 Å². The summed E-state index contributed by atoms with van der Waals surface area (Å²) >= 11 is 0. The molecule has 0 spiro atoms. The lowest BCUT2D eigenvalue weighted by atomic mass is 10.2. The van der Waals surface area contributed by atoms with Crippen LogP contribution < -0.4 is 10.0 Å². The summed E-state index contributed by atoms with van der Waals surface area (Å²) in [6.07, 6.45) is 1.56. The van der Waals surface area contributed by atoms with Gasteiger partial charge in [0.25, 0.3) is 5.69 Å². The van der Waals surface area contributed by atoms with Crippen LogP contribution in [0.25, 0.3) is 0 Å². The van der Waals surface area contributed by atoms with Gasteiger partial charge in [0, 0.05) is 18.2 Å². The maximum absolute atomic E-state index is 12.4. The molecule has 0 amide bonds. The summed E-state index contributed by atoms with van der Waals surface area (Å²) < 4.78 is 27.4. The van der Waals surface area contributed by atoms with Gasteiger partial charge in [-0.2, -0.15) is 0 Å². The average molecular weight is 313 g/mol. The van der Waals surface area contributed by atoms with E-state index in [0.29, 0.717) is 17.8 Å². The Labute approximate surface area is 123 Å². The monoisotopic (exact) mass is 313 g/mol. The van der Waals surface area contributed by atoms with E-state index >= 15 is 0 Å². The highest BCUT2D eigenvalue weighted by molar-refractivity contribution is 7.89. The number of anilines is 1. The number of nitro benzene ring substituents is 1. The lowest BCUT2D eigenvalue weighted by Crippen LogP contribution is -2.34. The molecule has 2 rings (SSSR count). The third-order valence-corrected chi connectivity index (χ3v) is 5.31. The van der Waals surface area contributed by atoms with Crippen molar-refractivity contribution < 1.29 is 13.3 Å². The van der Waals surface area contributed by atoms with E-state index in [1.54, 1.807) is 6.92 Å². The molecule has 1 fully saturated rings. The summed E-state index contributed by atoms with van der Waals surface area (Å²) in [5, 5.41) is 14.0. The molecule has 8 heteroatoms. The van der Waals surface area contributed by atoms with Gasteiger partial charge in [-0.3, -0.25) is 10.1 Å². The van der Waals surface area contributed by atoms with Crippen molar-refractivity contribution in [2.45, 2.75) is 44.0 Å². The largest absolute Gasteiger partial charge is 0.380 e. The van der Waals surface area contributed by atoms with E-state index in [1.165, 1.54) is 6.07 Å². The van der Waals surface area contributed by atoms with Crippen LogP contribution in [-0.2, 0) is 10.0 Å². The summed E-state index contributed by atoms with van der Waals surface area (Å²) in [4.78, 5) is 10.5. The Morgan fingerprint density at radius 1 is 1.38 bits per heavy atom. The molecule has 0 saturated heterocycles. The molecule has 21 heavy (non-hydrogen) atoms. The van der Waals surface area contributed by atoms with Gasteiger partial charge < -0.3 is 5.32 Å². The van der Waals surface area contributed by atoms with E-state index in [9.17, 15) is 18.5 Å². The molecular formula is C13H19N3O4S. The third kappa shape index (κ3) is 3.33. The van der Waals surface area contributed by atoms with Crippen molar-refractivity contribution in [3.8, 4) is 0 Å². The lowest BCUT2D eigenvalue weighted by Gasteiger charge is -2.15. The molecule has 7 nitrogen and oxygen atoms in total. The fourth-order valence-electron chi connectivity index (χ4n) is 2.12. The minimum absolute atomic E-state index is 0.0380. The van der Waals surface area contributed by atoms with Crippen molar-refractivity contribution >= 4 is 21.4 Å². The molecule has 1 aliphatic carbocycles. The van der Waals surface area contributed by atoms with E-state index in [0.717, 1.165) is 18.9 Å². The average Bonchev–Trinajstić information content (AvgIpc) is 3.05. The minimum Gasteiger partial charge on any atom is -0.380 e. The zero-order valence-corrected chi connectivity index (χ0v) is 13.1. The zero-order valence-electron chi connectivity index (χ0n) is 12.3. The second-order valence-corrected chi connectivity index (χ2v) is 7.24. The molecule has 0 aliphatic heterocycles. The van der Waals surface area contributed by atoms with Gasteiger partial charge in [-0.1, -0.05) is 0 Å². The lowest BCUT2D eigenvalue weighted by molar-refractivity contribution is -0.384. The highest BCUT2D eigenvalue weighted by Gasteiger charge is 2.42. The molecule has 1 aromatic carbocycles. The summed E-state index contributed by atoms with van der Waals surface area (Å²) in [7, 11) is -3.76. The molecule has 0 atom stereocenters. The summed E-state index contributed by atoms with van der Waals surface area (Å²) in [5.74, 6) is 0. The van der Waals surface area contributed by atoms with E-state index in [1.807, 2.05) is 13.8 Å².